The van der Waals surface area contributed by atoms with Crippen molar-refractivity contribution in [3.63, 3.8) is 0 Å². The summed E-state index contributed by atoms with van der Waals surface area (Å²) < 4.78 is 5.69. The van der Waals surface area contributed by atoms with E-state index in [1.165, 1.54) is 5.56 Å². The van der Waals surface area contributed by atoms with Crippen LogP contribution in [0.25, 0.3) is 10.8 Å². The van der Waals surface area contributed by atoms with Crippen molar-refractivity contribution >= 4 is 34.1 Å². The lowest BCUT2D eigenvalue weighted by Gasteiger charge is -2.42. The highest BCUT2D eigenvalue weighted by Gasteiger charge is 2.39. The SMILES string of the molecule is CCc1ccc(N2CSC3=C(C#N)[C@H](c4c(OC)ccc5ccccc45)CC(=O)N3C2)cc1. The Balaban J connectivity index is 1.54. The summed E-state index contributed by atoms with van der Waals surface area (Å²) in [5, 5.41) is 13.1. The second-order valence-electron chi connectivity index (χ2n) is 8.29. The smallest absolute Gasteiger partial charge is 0.229 e. The average molecular weight is 456 g/mol. The second kappa shape index (κ2) is 8.84. The van der Waals surface area contributed by atoms with Crippen LogP contribution < -0.4 is 9.64 Å². The predicted octanol–water partition coefficient (Wildman–Crippen LogP) is 5.63. The van der Waals surface area contributed by atoms with E-state index in [1.807, 2.05) is 36.4 Å². The Labute approximate surface area is 198 Å². The van der Waals surface area contributed by atoms with Crippen LogP contribution in [0.4, 0.5) is 5.69 Å². The van der Waals surface area contributed by atoms with Crippen LogP contribution in [0.15, 0.2) is 71.3 Å². The number of methoxy groups -OCH3 is 1. The van der Waals surface area contributed by atoms with Gasteiger partial charge in [-0.15, -0.1) is 0 Å². The number of nitrogens with zero attached hydrogens (tertiary/aromatic N) is 3. The molecular weight excluding hydrogens is 430 g/mol. The van der Waals surface area contributed by atoms with Crippen molar-refractivity contribution in [3.05, 3.63) is 82.4 Å². The van der Waals surface area contributed by atoms with Crippen LogP contribution in [0.2, 0.25) is 0 Å². The van der Waals surface area contributed by atoms with Crippen molar-refractivity contribution in [3.8, 4) is 11.8 Å². The molecule has 0 spiro atoms. The zero-order valence-electron chi connectivity index (χ0n) is 18.7. The number of benzene rings is 3. The number of ether oxygens (including phenoxy) is 1. The Kier molecular flexibility index (Phi) is 5.74. The van der Waals surface area contributed by atoms with E-state index in [4.69, 9.17) is 4.74 Å². The Morgan fingerprint density at radius 3 is 2.64 bits per heavy atom. The number of allylic oxidation sites excluding steroid dienone is 1. The van der Waals surface area contributed by atoms with Crippen LogP contribution >= 0.6 is 11.8 Å². The van der Waals surface area contributed by atoms with Gasteiger partial charge in [0.15, 0.2) is 0 Å². The van der Waals surface area contributed by atoms with Crippen molar-refractivity contribution in [1.82, 2.24) is 4.90 Å². The molecule has 1 atom stereocenters. The zero-order chi connectivity index (χ0) is 22.9. The normalized spacial score (nSPS) is 18.3. The maximum atomic E-state index is 13.4. The molecule has 2 aliphatic heterocycles. The van der Waals surface area contributed by atoms with E-state index < -0.39 is 0 Å². The first-order valence-corrected chi connectivity index (χ1v) is 12.1. The predicted molar refractivity (Wildman–Crippen MR) is 133 cm³/mol. The first-order valence-electron chi connectivity index (χ1n) is 11.1. The highest BCUT2D eigenvalue weighted by molar-refractivity contribution is 8.03. The summed E-state index contributed by atoms with van der Waals surface area (Å²) in [6.07, 6.45) is 1.25. The summed E-state index contributed by atoms with van der Waals surface area (Å²) in [5.74, 6) is 1.12. The maximum Gasteiger partial charge on any atom is 0.229 e. The third-order valence-electron chi connectivity index (χ3n) is 6.50. The number of rotatable bonds is 4. The fraction of sp³-hybridized carbons (Fsp3) is 0.259. The van der Waals surface area contributed by atoms with Crippen LogP contribution in [0.1, 0.15) is 30.4 Å². The second-order valence-corrected chi connectivity index (χ2v) is 9.22. The number of fused-ring (bicyclic) bond motifs is 2. The van der Waals surface area contributed by atoms with Gasteiger partial charge in [-0.3, -0.25) is 9.69 Å². The molecule has 6 heteroatoms. The molecule has 0 aliphatic carbocycles. The number of amides is 1. The molecular formula is C27H25N3O2S. The van der Waals surface area contributed by atoms with E-state index in [1.54, 1.807) is 23.8 Å². The molecule has 0 N–H and O–H groups in total. The molecule has 1 fully saturated rings. The van der Waals surface area contributed by atoms with Gasteiger partial charge < -0.3 is 9.64 Å². The van der Waals surface area contributed by atoms with Gasteiger partial charge in [0.1, 0.15) is 5.75 Å². The average Bonchev–Trinajstić information content (AvgIpc) is 2.87. The van der Waals surface area contributed by atoms with Gasteiger partial charge in [-0.05, 0) is 41.0 Å². The van der Waals surface area contributed by atoms with Crippen molar-refractivity contribution in [1.29, 1.82) is 5.26 Å². The lowest BCUT2D eigenvalue weighted by molar-refractivity contribution is -0.129. The first kappa shape index (κ1) is 21.4. The van der Waals surface area contributed by atoms with Gasteiger partial charge in [0, 0.05) is 23.6 Å². The van der Waals surface area contributed by atoms with Gasteiger partial charge in [-0.25, -0.2) is 0 Å². The number of carbonyl (C=O) groups is 1. The standard InChI is InChI=1S/C27H25N3O2S/c1-3-18-8-11-20(12-9-18)29-16-30-25(31)14-22(23(15-28)27(30)33-17-29)26-21-7-5-4-6-19(21)10-13-24(26)32-2/h4-13,22H,3,14,16-17H2,1-2H3/t22-/m1/s1. The van der Waals surface area contributed by atoms with Crippen molar-refractivity contribution in [2.24, 2.45) is 0 Å². The lowest BCUT2D eigenvalue weighted by atomic mass is 9.83. The summed E-state index contributed by atoms with van der Waals surface area (Å²) in [7, 11) is 1.64. The number of nitriles is 1. The summed E-state index contributed by atoms with van der Waals surface area (Å²) in [5.41, 5.74) is 3.95. The van der Waals surface area contributed by atoms with E-state index in [0.717, 1.165) is 33.5 Å². The molecule has 0 aromatic heterocycles. The van der Waals surface area contributed by atoms with Gasteiger partial charge in [0.05, 0.1) is 36.3 Å². The third kappa shape index (κ3) is 3.73. The molecule has 0 radical (unpaired) electrons. The molecule has 1 amide bonds. The lowest BCUT2D eigenvalue weighted by Crippen LogP contribution is -2.47. The molecule has 0 unspecified atom stereocenters. The quantitative estimate of drug-likeness (QED) is 0.510. The van der Waals surface area contributed by atoms with Crippen LogP contribution in [0, 0.1) is 11.3 Å². The Bertz CT molecular complexity index is 1290. The van der Waals surface area contributed by atoms with E-state index in [0.29, 0.717) is 23.9 Å². The molecule has 5 rings (SSSR count). The monoisotopic (exact) mass is 455 g/mol. The summed E-state index contributed by atoms with van der Waals surface area (Å²) >= 11 is 1.56. The van der Waals surface area contributed by atoms with Crippen LogP contribution in [0.3, 0.4) is 0 Å². The van der Waals surface area contributed by atoms with E-state index in [2.05, 4.69) is 42.2 Å². The van der Waals surface area contributed by atoms with Crippen LogP contribution in [-0.2, 0) is 11.2 Å². The van der Waals surface area contributed by atoms with E-state index in [9.17, 15) is 10.1 Å². The molecule has 166 valence electrons. The van der Waals surface area contributed by atoms with Crippen molar-refractivity contribution < 1.29 is 9.53 Å². The van der Waals surface area contributed by atoms with Gasteiger partial charge >= 0.3 is 0 Å². The number of hydrogen-bond donors (Lipinski definition) is 0. The van der Waals surface area contributed by atoms with E-state index >= 15 is 0 Å². The van der Waals surface area contributed by atoms with E-state index in [-0.39, 0.29) is 18.2 Å². The fourth-order valence-corrected chi connectivity index (χ4v) is 5.90. The fourth-order valence-electron chi connectivity index (χ4n) is 4.73. The molecule has 1 saturated heterocycles. The third-order valence-corrected chi connectivity index (χ3v) is 7.66. The van der Waals surface area contributed by atoms with Gasteiger partial charge in [0.2, 0.25) is 5.91 Å². The van der Waals surface area contributed by atoms with Crippen molar-refractivity contribution in [2.75, 3.05) is 24.6 Å². The van der Waals surface area contributed by atoms with Gasteiger partial charge in [-0.2, -0.15) is 5.26 Å². The first-order chi connectivity index (χ1) is 16.1. The number of carbonyl (C=O) groups excluding carboxylic acids is 1. The Morgan fingerprint density at radius 1 is 1.12 bits per heavy atom. The highest BCUT2D eigenvalue weighted by Crippen LogP contribution is 2.47. The molecule has 0 saturated carbocycles. The minimum atomic E-state index is -0.322. The molecule has 2 aliphatic rings. The van der Waals surface area contributed by atoms with Crippen LogP contribution in [-0.4, -0.2) is 30.5 Å². The molecule has 2 heterocycles. The molecule has 33 heavy (non-hydrogen) atoms. The Hall–Kier alpha value is -3.43. The number of hydrogen-bond acceptors (Lipinski definition) is 5. The summed E-state index contributed by atoms with van der Waals surface area (Å²) in [6.45, 7) is 2.59. The van der Waals surface area contributed by atoms with Crippen molar-refractivity contribution in [2.45, 2.75) is 25.7 Å². The van der Waals surface area contributed by atoms with Gasteiger partial charge in [0.25, 0.3) is 0 Å². The number of anilines is 1. The molecule has 3 aromatic rings. The zero-order valence-corrected chi connectivity index (χ0v) is 19.6. The maximum absolute atomic E-state index is 13.4. The van der Waals surface area contributed by atoms with Gasteiger partial charge in [-0.1, -0.05) is 61.2 Å². The number of thioether (sulfide) groups is 1. The minimum Gasteiger partial charge on any atom is -0.496 e. The summed E-state index contributed by atoms with van der Waals surface area (Å²) in [4.78, 5) is 17.3. The Morgan fingerprint density at radius 2 is 1.91 bits per heavy atom. The number of aryl methyl sites for hydroxylation is 1. The minimum absolute atomic E-state index is 0.0337. The molecule has 3 aromatic carbocycles. The highest BCUT2D eigenvalue weighted by atomic mass is 32.2. The molecule has 0 bridgehead atoms. The molecule has 5 nitrogen and oxygen atoms in total. The summed E-state index contributed by atoms with van der Waals surface area (Å²) in [6, 6.07) is 23.0. The topological polar surface area (TPSA) is 56.6 Å². The largest absolute Gasteiger partial charge is 0.496 e. The van der Waals surface area contributed by atoms with Crippen LogP contribution in [0.5, 0.6) is 5.75 Å².